The second-order valence-corrected chi connectivity index (χ2v) is 16.3. The molecule has 0 saturated carbocycles. The Labute approximate surface area is 377 Å². The van der Waals surface area contributed by atoms with Crippen LogP contribution in [0.4, 0.5) is 17.1 Å². The van der Waals surface area contributed by atoms with Crippen molar-refractivity contribution in [3.63, 3.8) is 0 Å². The Bertz CT molecular complexity index is 3830. The highest BCUT2D eigenvalue weighted by atomic mass is 16.3. The molecular weight excluding hydrogens is 771 g/mol. The summed E-state index contributed by atoms with van der Waals surface area (Å²) >= 11 is 0. The smallest absolute Gasteiger partial charge is 0.145 e. The minimum absolute atomic E-state index is 0.168. The molecule has 64 heavy (non-hydrogen) atoms. The van der Waals surface area contributed by atoms with Gasteiger partial charge in [0.05, 0.1) is 27.8 Å². The van der Waals surface area contributed by atoms with Gasteiger partial charge in [-0.1, -0.05) is 150 Å². The van der Waals surface area contributed by atoms with Crippen LogP contribution in [-0.4, -0.2) is 43.8 Å². The molecule has 10 radical (unpaired) electrons. The zero-order valence-electron chi connectivity index (χ0n) is 34.6. The third-order valence-corrected chi connectivity index (χ3v) is 12.9. The summed E-state index contributed by atoms with van der Waals surface area (Å²) < 4.78 is 9.01. The Morgan fingerprint density at radius 2 is 0.906 bits per heavy atom. The number of hydrogen-bond acceptors (Lipinski definition) is 2. The molecule has 0 amide bonds. The molecule has 0 fully saturated rings. The molecule has 2 heterocycles. The van der Waals surface area contributed by atoms with Crippen LogP contribution < -0.4 is 32.2 Å². The number of nitrogens with zero attached hydrogens (tertiary/aromatic N) is 2. The molecule has 8 heteroatoms. The van der Waals surface area contributed by atoms with Crippen molar-refractivity contribution in [2.24, 2.45) is 0 Å². The van der Waals surface area contributed by atoms with Gasteiger partial charge >= 0.3 is 0 Å². The summed E-state index contributed by atoms with van der Waals surface area (Å²) in [6.45, 7) is 0. The van der Waals surface area contributed by atoms with E-state index < -0.39 is 0 Å². The van der Waals surface area contributed by atoms with E-state index in [2.05, 4.69) is 173 Å². The number of hydrogen-bond donors (Lipinski definition) is 0. The third kappa shape index (κ3) is 5.68. The van der Waals surface area contributed by atoms with Gasteiger partial charge in [-0.2, -0.15) is 0 Å². The first-order valence-corrected chi connectivity index (χ1v) is 21.2. The van der Waals surface area contributed by atoms with Gasteiger partial charge in [-0.05, 0) is 86.8 Å². The Kier molecular flexibility index (Phi) is 8.81. The first-order chi connectivity index (χ1) is 31.4. The molecule has 0 atom stereocenters. The van der Waals surface area contributed by atoms with Crippen LogP contribution in [0.25, 0.3) is 93.2 Å². The largest absolute Gasteiger partial charge is 0.455 e. The molecule has 3 nitrogen and oxygen atoms in total. The normalized spacial score (nSPS) is 11.8. The number of fused-ring (bicyclic) bond motifs is 8. The van der Waals surface area contributed by atoms with Crippen LogP contribution in [0.1, 0.15) is 0 Å². The highest BCUT2D eigenvalue weighted by Gasteiger charge is 2.27. The van der Waals surface area contributed by atoms with Crippen molar-refractivity contribution >= 4 is 149 Å². The summed E-state index contributed by atoms with van der Waals surface area (Å²) in [5.74, 6) is 0. The number of para-hydroxylation sites is 2. The number of benzene rings is 10. The molecule has 0 saturated heterocycles. The lowest BCUT2D eigenvalue weighted by molar-refractivity contribution is 0.670. The molecule has 0 aliphatic rings. The van der Waals surface area contributed by atoms with Crippen molar-refractivity contribution in [1.82, 2.24) is 4.57 Å². The highest BCUT2D eigenvalue weighted by Crippen LogP contribution is 2.50. The standard InChI is InChI=1S/C56H31B5N2O/c57-50-51(58)53(60)55(54(61)52(50)59)63-43-22-7-5-18-41(43)48-44(23-11-24-45(48)63)62(35-28-26-34(27-29-35)37-20-9-14-32-12-1-3-16-36(32)37)46-31-30-40(39-21-10-15-33-13-2-4-17-38(33)39)56-49(46)42-19-6-8-25-47(42)64-56/h1-31H. The molecule has 2 aromatic heterocycles. The fourth-order valence-corrected chi connectivity index (χ4v) is 9.85. The molecule has 0 aliphatic carbocycles. The van der Waals surface area contributed by atoms with Crippen LogP contribution in [0.2, 0.25) is 0 Å². The Hall–Kier alpha value is -7.56. The lowest BCUT2D eigenvalue weighted by atomic mass is 9.61. The van der Waals surface area contributed by atoms with Crippen molar-refractivity contribution in [3.8, 4) is 27.9 Å². The topological polar surface area (TPSA) is 21.3 Å². The number of anilines is 3. The summed E-state index contributed by atoms with van der Waals surface area (Å²) in [5.41, 5.74) is 12.1. The summed E-state index contributed by atoms with van der Waals surface area (Å²) in [7, 11) is 33.0. The Morgan fingerprint density at radius 1 is 0.375 bits per heavy atom. The van der Waals surface area contributed by atoms with Gasteiger partial charge in [0.15, 0.2) is 0 Å². The van der Waals surface area contributed by atoms with E-state index in [0.717, 1.165) is 88.3 Å². The van der Waals surface area contributed by atoms with E-state index in [0.29, 0.717) is 5.69 Å². The first kappa shape index (κ1) is 38.1. The van der Waals surface area contributed by atoms with Crippen LogP contribution in [0.3, 0.4) is 0 Å². The van der Waals surface area contributed by atoms with E-state index in [1.807, 2.05) is 24.3 Å². The fraction of sp³-hybridized carbons (Fsp3) is 0. The van der Waals surface area contributed by atoms with Gasteiger partial charge in [0.2, 0.25) is 0 Å². The van der Waals surface area contributed by atoms with Crippen LogP contribution in [-0.2, 0) is 0 Å². The third-order valence-electron chi connectivity index (χ3n) is 12.9. The van der Waals surface area contributed by atoms with Crippen LogP contribution in [0, 0.1) is 0 Å². The monoisotopic (exact) mass is 802 g/mol. The van der Waals surface area contributed by atoms with Gasteiger partial charge in [0.25, 0.3) is 0 Å². The average molecular weight is 802 g/mol. The predicted octanol–water partition coefficient (Wildman–Crippen LogP) is 9.76. The van der Waals surface area contributed by atoms with Crippen molar-refractivity contribution in [2.45, 2.75) is 0 Å². The van der Waals surface area contributed by atoms with Crippen LogP contribution in [0.15, 0.2) is 192 Å². The molecule has 0 aliphatic heterocycles. The quantitative estimate of drug-likeness (QED) is 0.156. The SMILES string of the molecule is [B]c1c([B])c([B])c(-n2c3ccccc3c3c(N(c4ccc(-c5cccc6ccccc56)cc4)c4ccc(-c5cccc6ccccc56)c5oc6ccccc6c45)cccc32)c([B])c1[B]. The second kappa shape index (κ2) is 14.8. The Balaban J connectivity index is 1.18. The van der Waals surface area contributed by atoms with E-state index in [9.17, 15) is 0 Å². The maximum absolute atomic E-state index is 6.95. The minimum atomic E-state index is 0.168. The van der Waals surface area contributed by atoms with Crippen LogP contribution in [0.5, 0.6) is 0 Å². The van der Waals surface area contributed by atoms with Gasteiger partial charge in [0, 0.05) is 33.1 Å². The second-order valence-electron chi connectivity index (χ2n) is 16.3. The van der Waals surface area contributed by atoms with Crippen molar-refractivity contribution in [3.05, 3.63) is 188 Å². The molecule has 0 unspecified atom stereocenters. The lowest BCUT2D eigenvalue weighted by Crippen LogP contribution is -2.56. The van der Waals surface area contributed by atoms with Gasteiger partial charge in [-0.15, -0.1) is 16.4 Å². The van der Waals surface area contributed by atoms with E-state index in [1.54, 1.807) is 0 Å². The predicted molar refractivity (Wildman–Crippen MR) is 276 cm³/mol. The zero-order chi connectivity index (χ0) is 43.2. The van der Waals surface area contributed by atoms with E-state index in [4.69, 9.17) is 43.6 Å². The van der Waals surface area contributed by atoms with Gasteiger partial charge < -0.3 is 13.9 Å². The maximum atomic E-state index is 6.95. The average Bonchev–Trinajstić information content (AvgIpc) is 3.90. The number of rotatable bonds is 6. The van der Waals surface area contributed by atoms with Crippen molar-refractivity contribution in [1.29, 1.82) is 0 Å². The summed E-state index contributed by atoms with van der Waals surface area (Å²) in [6, 6.07) is 66.0. The molecule has 12 rings (SSSR count). The van der Waals surface area contributed by atoms with Gasteiger partial charge in [-0.3, -0.25) is 0 Å². The highest BCUT2D eigenvalue weighted by molar-refractivity contribution is 6.68. The van der Waals surface area contributed by atoms with Crippen molar-refractivity contribution in [2.75, 3.05) is 4.90 Å². The zero-order valence-corrected chi connectivity index (χ0v) is 34.6. The molecular formula is C56H31B5N2O. The molecule has 12 aromatic rings. The summed E-state index contributed by atoms with van der Waals surface area (Å²) in [6.07, 6.45) is 0. The lowest BCUT2D eigenvalue weighted by Gasteiger charge is -2.28. The minimum Gasteiger partial charge on any atom is -0.455 e. The summed E-state index contributed by atoms with van der Waals surface area (Å²) in [5, 5.41) is 8.67. The van der Waals surface area contributed by atoms with Gasteiger partial charge in [-0.25, -0.2) is 0 Å². The van der Waals surface area contributed by atoms with Crippen LogP contribution >= 0.6 is 0 Å². The van der Waals surface area contributed by atoms with E-state index >= 15 is 0 Å². The van der Waals surface area contributed by atoms with E-state index in [-0.39, 0.29) is 27.3 Å². The number of furan rings is 1. The Morgan fingerprint density at radius 3 is 1.62 bits per heavy atom. The molecule has 0 N–H and O–H groups in total. The molecule has 286 valence electrons. The summed E-state index contributed by atoms with van der Waals surface area (Å²) in [4.78, 5) is 2.35. The fourth-order valence-electron chi connectivity index (χ4n) is 9.85. The van der Waals surface area contributed by atoms with Gasteiger partial charge in [0.1, 0.15) is 50.4 Å². The number of aromatic nitrogens is 1. The van der Waals surface area contributed by atoms with E-state index in [1.165, 1.54) is 16.3 Å². The molecule has 0 bridgehead atoms. The molecule has 0 spiro atoms. The maximum Gasteiger partial charge on any atom is 0.145 e. The van der Waals surface area contributed by atoms with Crippen molar-refractivity contribution < 1.29 is 4.42 Å². The first-order valence-electron chi connectivity index (χ1n) is 21.2. The molecule has 10 aromatic carbocycles.